The molecule has 0 aromatic heterocycles. The van der Waals surface area contributed by atoms with Crippen molar-refractivity contribution in [3.05, 3.63) is 24.3 Å². The van der Waals surface area contributed by atoms with E-state index in [9.17, 15) is 8.42 Å². The van der Waals surface area contributed by atoms with E-state index < -0.39 is 10.0 Å². The summed E-state index contributed by atoms with van der Waals surface area (Å²) < 4.78 is 31.8. The van der Waals surface area contributed by atoms with Crippen molar-refractivity contribution in [1.29, 1.82) is 0 Å². The second-order valence-corrected chi connectivity index (χ2v) is 6.40. The van der Waals surface area contributed by atoms with Crippen molar-refractivity contribution in [3.8, 4) is 5.75 Å². The van der Waals surface area contributed by atoms with E-state index in [4.69, 9.17) is 4.74 Å². The molecule has 0 aliphatic rings. The maximum absolute atomic E-state index is 12.1. The van der Waals surface area contributed by atoms with Gasteiger partial charge in [0.2, 0.25) is 10.0 Å². The molecule has 0 aliphatic carbocycles. The number of methoxy groups -OCH3 is 1. The third kappa shape index (κ3) is 6.65. The first-order valence-electron chi connectivity index (χ1n) is 7.00. The summed E-state index contributed by atoms with van der Waals surface area (Å²) in [6.07, 6.45) is 0.840. The van der Waals surface area contributed by atoms with E-state index in [-0.39, 0.29) is 17.3 Å². The highest BCUT2D eigenvalue weighted by molar-refractivity contribution is 7.89. The van der Waals surface area contributed by atoms with Gasteiger partial charge in [-0.3, -0.25) is 0 Å². The number of quaternary nitrogens is 1. The molecule has 122 valence electrons. The summed E-state index contributed by atoms with van der Waals surface area (Å²) in [4.78, 5) is 1.75. The first kappa shape index (κ1) is 20.2. The lowest BCUT2D eigenvalue weighted by molar-refractivity contribution is -0.896. The molecule has 0 unspecified atom stereocenters. The second-order valence-electron chi connectivity index (χ2n) is 4.63. The summed E-state index contributed by atoms with van der Waals surface area (Å²) in [5.41, 5.74) is 0. The molecule has 0 amide bonds. The van der Waals surface area contributed by atoms with Crippen LogP contribution in [0.3, 0.4) is 0 Å². The monoisotopic (exact) mass is 336 g/mol. The number of rotatable bonds is 9. The van der Waals surface area contributed by atoms with Crippen LogP contribution in [0.5, 0.6) is 5.75 Å². The number of hydrogen-bond donors (Lipinski definition) is 2. The summed E-state index contributed by atoms with van der Waals surface area (Å²) >= 11 is 0. The van der Waals surface area contributed by atoms with Gasteiger partial charge in [0.25, 0.3) is 0 Å². The van der Waals surface area contributed by atoms with Gasteiger partial charge in [0, 0.05) is 13.0 Å². The molecule has 5 nitrogen and oxygen atoms in total. The van der Waals surface area contributed by atoms with Crippen LogP contribution in [0.25, 0.3) is 0 Å². The Kier molecular flexibility index (Phi) is 9.61. The number of halogens is 1. The van der Waals surface area contributed by atoms with Gasteiger partial charge in [0.05, 0.1) is 31.6 Å². The van der Waals surface area contributed by atoms with E-state index in [0.29, 0.717) is 12.3 Å². The number of nitrogens with one attached hydrogen (secondary N) is 2. The van der Waals surface area contributed by atoms with Crippen LogP contribution in [-0.2, 0) is 10.0 Å². The lowest BCUT2D eigenvalue weighted by Gasteiger charge is -2.15. The van der Waals surface area contributed by atoms with Gasteiger partial charge in [-0.15, -0.1) is 0 Å². The van der Waals surface area contributed by atoms with Crippen molar-refractivity contribution >= 4 is 10.0 Å². The van der Waals surface area contributed by atoms with Crippen molar-refractivity contribution in [2.24, 2.45) is 0 Å². The molecule has 0 bridgehead atoms. The highest BCUT2D eigenvalue weighted by Gasteiger charge is 2.13. The zero-order chi connectivity index (χ0) is 15.0. The zero-order valence-electron chi connectivity index (χ0n) is 12.9. The molecule has 0 atom stereocenters. The van der Waals surface area contributed by atoms with Crippen molar-refractivity contribution in [3.63, 3.8) is 0 Å². The van der Waals surface area contributed by atoms with Gasteiger partial charge >= 0.3 is 0 Å². The average Bonchev–Trinajstić information content (AvgIpc) is 2.47. The van der Waals surface area contributed by atoms with Crippen LogP contribution in [0, 0.1) is 0 Å². The lowest BCUT2D eigenvalue weighted by atomic mass is 10.3. The molecular weight excluding hydrogens is 312 g/mol. The summed E-state index contributed by atoms with van der Waals surface area (Å²) in [6, 6.07) is 6.40. The smallest absolute Gasteiger partial charge is 0.240 e. The Labute approximate surface area is 134 Å². The molecule has 2 N–H and O–H groups in total. The average molecular weight is 337 g/mol. The minimum atomic E-state index is -3.41. The van der Waals surface area contributed by atoms with Crippen molar-refractivity contribution in [2.75, 3.05) is 33.3 Å². The van der Waals surface area contributed by atoms with Crippen molar-refractivity contribution < 1.29 is 30.5 Å². The van der Waals surface area contributed by atoms with Crippen LogP contribution in [-0.4, -0.2) is 41.7 Å². The van der Waals surface area contributed by atoms with E-state index in [1.165, 1.54) is 4.90 Å². The maximum Gasteiger partial charge on any atom is 0.240 e. The number of benzene rings is 1. The summed E-state index contributed by atoms with van der Waals surface area (Å²) in [7, 11) is -1.86. The number of hydrogen-bond acceptors (Lipinski definition) is 3. The highest BCUT2D eigenvalue weighted by Crippen LogP contribution is 2.14. The van der Waals surface area contributed by atoms with Crippen LogP contribution in [0.15, 0.2) is 29.2 Å². The molecule has 21 heavy (non-hydrogen) atoms. The Bertz CT molecular complexity index is 487. The number of ether oxygens (including phenoxy) is 1. The van der Waals surface area contributed by atoms with E-state index >= 15 is 0 Å². The summed E-state index contributed by atoms with van der Waals surface area (Å²) in [5, 5.41) is 0. The first-order chi connectivity index (χ1) is 9.53. The quantitative estimate of drug-likeness (QED) is 0.482. The van der Waals surface area contributed by atoms with Crippen molar-refractivity contribution in [1.82, 2.24) is 4.72 Å². The van der Waals surface area contributed by atoms with Crippen LogP contribution >= 0.6 is 0 Å². The Morgan fingerprint density at radius 2 is 1.71 bits per heavy atom. The minimum Gasteiger partial charge on any atom is -1.00 e. The summed E-state index contributed by atoms with van der Waals surface area (Å²) in [5.74, 6) is 0.647. The predicted octanol–water partition coefficient (Wildman–Crippen LogP) is -2.71. The van der Waals surface area contributed by atoms with Gasteiger partial charge in [-0.25, -0.2) is 13.1 Å². The molecule has 0 heterocycles. The molecule has 0 saturated heterocycles. The Hall–Kier alpha value is -0.820. The molecule has 1 aromatic rings. The van der Waals surface area contributed by atoms with Gasteiger partial charge in [0.15, 0.2) is 0 Å². The summed E-state index contributed by atoms with van der Waals surface area (Å²) in [6.45, 7) is 7.88. The fourth-order valence-corrected chi connectivity index (χ4v) is 3.06. The molecule has 0 spiro atoms. The fourth-order valence-electron chi connectivity index (χ4n) is 1.99. The standard InChI is InChI=1S/C14H24N2O3S.ClH/c1-4-16(5-2)12-6-11-15-20(17,18)14-9-7-13(19-3)8-10-14;/h7-10,15H,4-6,11-12H2,1-3H3;1H. The van der Waals surface area contributed by atoms with E-state index in [1.807, 2.05) is 0 Å². The third-order valence-electron chi connectivity index (χ3n) is 3.37. The van der Waals surface area contributed by atoms with E-state index in [1.54, 1.807) is 31.4 Å². The van der Waals surface area contributed by atoms with E-state index in [2.05, 4.69) is 18.6 Å². The van der Waals surface area contributed by atoms with Crippen LogP contribution < -0.4 is 26.8 Å². The Morgan fingerprint density at radius 1 is 1.14 bits per heavy atom. The highest BCUT2D eigenvalue weighted by atomic mass is 35.5. The topological polar surface area (TPSA) is 59.8 Å². The van der Waals surface area contributed by atoms with Crippen LogP contribution in [0.4, 0.5) is 0 Å². The first-order valence-corrected chi connectivity index (χ1v) is 8.49. The van der Waals surface area contributed by atoms with Crippen LogP contribution in [0.1, 0.15) is 20.3 Å². The molecule has 0 aliphatic heterocycles. The Morgan fingerprint density at radius 3 is 2.19 bits per heavy atom. The normalized spacial score (nSPS) is 11.2. The molecule has 1 aromatic carbocycles. The molecule has 1 rings (SSSR count). The number of sulfonamides is 1. The SMILES string of the molecule is CC[NH+](CC)CCCNS(=O)(=O)c1ccc(OC)cc1.[Cl-]. The Balaban J connectivity index is 0.00000400. The molecule has 0 radical (unpaired) electrons. The van der Waals surface area contributed by atoms with Gasteiger partial charge in [-0.1, -0.05) is 0 Å². The zero-order valence-corrected chi connectivity index (χ0v) is 14.4. The molecule has 7 heteroatoms. The molecule has 0 saturated carbocycles. The van der Waals surface area contributed by atoms with Gasteiger partial charge in [0.1, 0.15) is 5.75 Å². The van der Waals surface area contributed by atoms with Gasteiger partial charge in [-0.2, -0.15) is 0 Å². The third-order valence-corrected chi connectivity index (χ3v) is 4.85. The predicted molar refractivity (Wildman–Crippen MR) is 79.7 cm³/mol. The van der Waals surface area contributed by atoms with Crippen LogP contribution in [0.2, 0.25) is 0 Å². The minimum absolute atomic E-state index is 0. The molecule has 0 fully saturated rings. The fraction of sp³-hybridized carbons (Fsp3) is 0.571. The lowest BCUT2D eigenvalue weighted by Crippen LogP contribution is -3.11. The van der Waals surface area contributed by atoms with Gasteiger partial charge < -0.3 is 22.0 Å². The maximum atomic E-state index is 12.1. The molecular formula is C14H25ClN2O3S. The largest absolute Gasteiger partial charge is 1.00 e. The van der Waals surface area contributed by atoms with Crippen molar-refractivity contribution in [2.45, 2.75) is 25.2 Å². The van der Waals surface area contributed by atoms with E-state index in [0.717, 1.165) is 26.1 Å². The second kappa shape index (κ2) is 10.00. The van der Waals surface area contributed by atoms with Gasteiger partial charge in [-0.05, 0) is 38.1 Å².